The van der Waals surface area contributed by atoms with Crippen molar-refractivity contribution in [2.24, 2.45) is 10.1 Å². The van der Waals surface area contributed by atoms with Crippen LogP contribution in [0.4, 0.5) is 5.69 Å². The lowest BCUT2D eigenvalue weighted by Gasteiger charge is -2.14. The van der Waals surface area contributed by atoms with Crippen LogP contribution in [-0.2, 0) is 4.84 Å². The molecular weight excluding hydrogens is 456 g/mol. The van der Waals surface area contributed by atoms with Gasteiger partial charge in [0.25, 0.3) is 0 Å². The van der Waals surface area contributed by atoms with E-state index in [1.807, 2.05) is 42.5 Å². The molecule has 2 aromatic carbocycles. The van der Waals surface area contributed by atoms with E-state index in [1.165, 1.54) is 6.42 Å². The zero-order valence-corrected chi connectivity index (χ0v) is 19.4. The van der Waals surface area contributed by atoms with Gasteiger partial charge >= 0.3 is 0 Å². The molecule has 1 aromatic heterocycles. The van der Waals surface area contributed by atoms with Gasteiger partial charge in [-0.3, -0.25) is 0 Å². The third-order valence-corrected chi connectivity index (χ3v) is 5.87. The molecule has 162 valence electrons. The second-order valence-corrected chi connectivity index (χ2v) is 8.72. The topological polar surface area (TPSA) is 73.2 Å². The number of para-hydroxylation sites is 1. The summed E-state index contributed by atoms with van der Waals surface area (Å²) in [4.78, 5) is 15.9. The van der Waals surface area contributed by atoms with Crippen LogP contribution in [0.25, 0.3) is 10.9 Å². The summed E-state index contributed by atoms with van der Waals surface area (Å²) in [5.74, 6) is 0.0753. The first-order chi connectivity index (χ1) is 15.1. The standard InChI is InChI=1S/C24H27BrN4O2/c1-3-12-29(2)13-6-7-14-31-28-22-17-8-4-5-9-19(17)26-23(22)21-18-15-16(25)10-11-20(18)27-24(21)30/h4-5,8-11,15,27,30H,3,6-7,12-14H2,1-2H3. The van der Waals surface area contributed by atoms with Crippen molar-refractivity contribution < 1.29 is 9.94 Å². The number of aromatic hydroxyl groups is 1. The van der Waals surface area contributed by atoms with Gasteiger partial charge in [0.1, 0.15) is 18.0 Å². The molecule has 0 atom stereocenters. The molecule has 31 heavy (non-hydrogen) atoms. The Labute approximate surface area is 190 Å². The van der Waals surface area contributed by atoms with Gasteiger partial charge in [0.2, 0.25) is 0 Å². The van der Waals surface area contributed by atoms with Gasteiger partial charge in [0.15, 0.2) is 5.88 Å². The van der Waals surface area contributed by atoms with Crippen LogP contribution in [0.1, 0.15) is 37.3 Å². The Morgan fingerprint density at radius 3 is 2.84 bits per heavy atom. The van der Waals surface area contributed by atoms with Gasteiger partial charge in [-0.25, -0.2) is 4.99 Å². The van der Waals surface area contributed by atoms with Gasteiger partial charge in [-0.2, -0.15) is 0 Å². The van der Waals surface area contributed by atoms with Crippen LogP contribution in [0.3, 0.4) is 0 Å². The molecule has 6 nitrogen and oxygen atoms in total. The van der Waals surface area contributed by atoms with Crippen molar-refractivity contribution in [3.8, 4) is 5.88 Å². The lowest BCUT2D eigenvalue weighted by Crippen LogP contribution is -2.20. The van der Waals surface area contributed by atoms with E-state index in [9.17, 15) is 5.11 Å². The lowest BCUT2D eigenvalue weighted by molar-refractivity contribution is 0.138. The molecule has 0 aliphatic carbocycles. The predicted molar refractivity (Wildman–Crippen MR) is 130 cm³/mol. The largest absolute Gasteiger partial charge is 0.494 e. The van der Waals surface area contributed by atoms with Crippen molar-refractivity contribution in [2.75, 3.05) is 26.7 Å². The molecule has 2 heterocycles. The fourth-order valence-electron chi connectivity index (χ4n) is 3.88. The number of aliphatic imine (C=N–C) groups is 1. The number of nitrogens with zero attached hydrogens (tertiary/aromatic N) is 3. The number of benzene rings is 2. The Hall–Kier alpha value is -2.64. The summed E-state index contributed by atoms with van der Waals surface area (Å²) < 4.78 is 0.930. The summed E-state index contributed by atoms with van der Waals surface area (Å²) in [5, 5.41) is 16.0. The molecule has 0 spiro atoms. The van der Waals surface area contributed by atoms with Crippen molar-refractivity contribution in [3.05, 3.63) is 58.1 Å². The third kappa shape index (κ3) is 4.67. The number of aromatic nitrogens is 1. The van der Waals surface area contributed by atoms with Crippen LogP contribution in [0.2, 0.25) is 0 Å². The molecule has 1 aliphatic rings. The number of hydrogen-bond acceptors (Lipinski definition) is 5. The summed E-state index contributed by atoms with van der Waals surface area (Å²) in [6.45, 7) is 4.91. The van der Waals surface area contributed by atoms with Crippen molar-refractivity contribution in [3.63, 3.8) is 0 Å². The van der Waals surface area contributed by atoms with Crippen molar-refractivity contribution in [2.45, 2.75) is 26.2 Å². The van der Waals surface area contributed by atoms with E-state index in [-0.39, 0.29) is 5.88 Å². The van der Waals surface area contributed by atoms with E-state index in [4.69, 9.17) is 9.83 Å². The van der Waals surface area contributed by atoms with E-state index in [1.54, 1.807) is 0 Å². The Balaban J connectivity index is 1.56. The minimum Gasteiger partial charge on any atom is -0.494 e. The third-order valence-electron chi connectivity index (χ3n) is 5.38. The lowest BCUT2D eigenvalue weighted by atomic mass is 10.0. The summed E-state index contributed by atoms with van der Waals surface area (Å²) in [7, 11) is 2.15. The van der Waals surface area contributed by atoms with Gasteiger partial charge in [-0.1, -0.05) is 46.2 Å². The molecular formula is C24H27BrN4O2. The van der Waals surface area contributed by atoms with Crippen molar-refractivity contribution in [1.82, 2.24) is 9.88 Å². The first-order valence-corrected chi connectivity index (χ1v) is 11.4. The van der Waals surface area contributed by atoms with E-state index in [2.05, 4.69) is 44.9 Å². The Kier molecular flexibility index (Phi) is 6.73. The van der Waals surface area contributed by atoms with E-state index >= 15 is 0 Å². The van der Waals surface area contributed by atoms with Crippen molar-refractivity contribution >= 4 is 43.9 Å². The number of fused-ring (bicyclic) bond motifs is 2. The number of aromatic amines is 1. The molecule has 0 saturated heterocycles. The molecule has 7 heteroatoms. The van der Waals surface area contributed by atoms with E-state index in [0.717, 1.165) is 52.6 Å². The molecule has 0 fully saturated rings. The maximum absolute atomic E-state index is 10.7. The average Bonchev–Trinajstić information content (AvgIpc) is 3.26. The van der Waals surface area contributed by atoms with Gasteiger partial charge in [-0.15, -0.1) is 0 Å². The minimum absolute atomic E-state index is 0.0753. The fraction of sp³-hybridized carbons (Fsp3) is 0.333. The van der Waals surface area contributed by atoms with Gasteiger partial charge in [-0.05, 0) is 63.7 Å². The molecule has 0 radical (unpaired) electrons. The number of H-pyrrole nitrogens is 1. The van der Waals surface area contributed by atoms with Crippen LogP contribution in [0, 0.1) is 0 Å². The maximum atomic E-state index is 10.7. The zero-order valence-electron chi connectivity index (χ0n) is 17.9. The zero-order chi connectivity index (χ0) is 21.8. The fourth-order valence-corrected chi connectivity index (χ4v) is 4.24. The summed E-state index contributed by atoms with van der Waals surface area (Å²) in [6, 6.07) is 13.7. The van der Waals surface area contributed by atoms with Crippen LogP contribution in [0.5, 0.6) is 5.88 Å². The van der Waals surface area contributed by atoms with Crippen LogP contribution < -0.4 is 0 Å². The molecule has 3 aromatic rings. The second-order valence-electron chi connectivity index (χ2n) is 7.80. The molecule has 0 amide bonds. The first-order valence-electron chi connectivity index (χ1n) is 10.7. The summed E-state index contributed by atoms with van der Waals surface area (Å²) in [5.41, 5.74) is 4.47. The van der Waals surface area contributed by atoms with Gasteiger partial charge in [0.05, 0.1) is 11.3 Å². The Bertz CT molecular complexity index is 1140. The normalized spacial score (nSPS) is 14.5. The Morgan fingerprint density at radius 1 is 1.16 bits per heavy atom. The molecule has 0 saturated carbocycles. The first kappa shape index (κ1) is 21.6. The smallest absolute Gasteiger partial charge is 0.199 e. The number of oxime groups is 1. The Morgan fingerprint density at radius 2 is 2.00 bits per heavy atom. The highest BCUT2D eigenvalue weighted by Crippen LogP contribution is 2.36. The van der Waals surface area contributed by atoms with Crippen LogP contribution >= 0.6 is 15.9 Å². The molecule has 4 rings (SSSR count). The second kappa shape index (κ2) is 9.66. The predicted octanol–water partition coefficient (Wildman–Crippen LogP) is 5.61. The minimum atomic E-state index is 0.0753. The van der Waals surface area contributed by atoms with Crippen LogP contribution in [-0.4, -0.2) is 53.2 Å². The molecule has 1 aliphatic heterocycles. The van der Waals surface area contributed by atoms with E-state index < -0.39 is 0 Å². The highest BCUT2D eigenvalue weighted by molar-refractivity contribution is 9.10. The monoisotopic (exact) mass is 482 g/mol. The van der Waals surface area contributed by atoms with Crippen LogP contribution in [0.15, 0.2) is 57.1 Å². The number of halogens is 1. The molecule has 0 bridgehead atoms. The maximum Gasteiger partial charge on any atom is 0.199 e. The number of hydrogen-bond donors (Lipinski definition) is 2. The average molecular weight is 483 g/mol. The summed E-state index contributed by atoms with van der Waals surface area (Å²) >= 11 is 3.52. The van der Waals surface area contributed by atoms with Gasteiger partial charge in [0, 0.05) is 20.9 Å². The van der Waals surface area contributed by atoms with Crippen molar-refractivity contribution in [1.29, 1.82) is 0 Å². The SMILES string of the molecule is CCCN(C)CCCCON=C1C(c2c(O)[nH]c3ccc(Br)cc23)=Nc2ccccc21. The quantitative estimate of drug-likeness (QED) is 0.307. The molecule has 0 unspecified atom stereocenters. The van der Waals surface area contributed by atoms with Gasteiger partial charge < -0.3 is 19.8 Å². The van der Waals surface area contributed by atoms with E-state index in [0.29, 0.717) is 23.6 Å². The summed E-state index contributed by atoms with van der Waals surface area (Å²) in [6.07, 6.45) is 3.17. The number of nitrogens with one attached hydrogen (secondary N) is 1. The highest BCUT2D eigenvalue weighted by atomic mass is 79.9. The molecule has 2 N–H and O–H groups in total. The number of unbranched alkanes of at least 4 members (excludes halogenated alkanes) is 1. The highest BCUT2D eigenvalue weighted by Gasteiger charge is 2.29. The number of rotatable bonds is 9.